The number of pyridine rings is 1. The molecule has 0 aliphatic carbocycles. The van der Waals surface area contributed by atoms with E-state index in [0.717, 1.165) is 23.9 Å². The van der Waals surface area contributed by atoms with Gasteiger partial charge in [-0.25, -0.2) is 18.6 Å². The van der Waals surface area contributed by atoms with Crippen molar-refractivity contribution in [3.05, 3.63) is 47.7 Å². The molecule has 0 bridgehead atoms. The first-order valence-corrected chi connectivity index (χ1v) is 5.90. The Labute approximate surface area is 111 Å². The summed E-state index contributed by atoms with van der Waals surface area (Å²) >= 11 is 0.969. The lowest BCUT2D eigenvalue weighted by Crippen LogP contribution is -2.02. The average molecular weight is 282 g/mol. The van der Waals surface area contributed by atoms with Crippen LogP contribution >= 0.6 is 11.8 Å². The van der Waals surface area contributed by atoms with Gasteiger partial charge in [0.05, 0.1) is 5.56 Å². The molecular formula is C12H8F2N2O2S. The number of benzene rings is 1. The van der Waals surface area contributed by atoms with E-state index in [-0.39, 0.29) is 11.4 Å². The highest BCUT2D eigenvalue weighted by Gasteiger charge is 2.13. The Kier molecular flexibility index (Phi) is 3.66. The maximum atomic E-state index is 13.1. The molecule has 1 aromatic carbocycles. The fraction of sp³-hybridized carbons (Fsp3) is 0. The topological polar surface area (TPSA) is 76.2 Å². The van der Waals surface area contributed by atoms with Crippen LogP contribution in [0.1, 0.15) is 10.4 Å². The van der Waals surface area contributed by atoms with Crippen LogP contribution in [0, 0.1) is 11.6 Å². The number of rotatable bonds is 3. The summed E-state index contributed by atoms with van der Waals surface area (Å²) < 4.78 is 25.9. The smallest absolute Gasteiger partial charge is 0.337 e. The van der Waals surface area contributed by atoms with E-state index in [0.29, 0.717) is 9.79 Å². The molecule has 0 spiro atoms. The number of carboxylic acid groups (broad SMARTS) is 1. The lowest BCUT2D eigenvalue weighted by atomic mass is 10.2. The molecule has 0 saturated heterocycles. The highest BCUT2D eigenvalue weighted by molar-refractivity contribution is 7.99. The number of aromatic nitrogens is 1. The maximum Gasteiger partial charge on any atom is 0.337 e. The molecule has 0 amide bonds. The van der Waals surface area contributed by atoms with Gasteiger partial charge < -0.3 is 10.8 Å². The quantitative estimate of drug-likeness (QED) is 0.905. The molecule has 3 N–H and O–H groups in total. The number of nitrogens with zero attached hydrogens (tertiary/aromatic N) is 1. The van der Waals surface area contributed by atoms with Crippen molar-refractivity contribution in [1.82, 2.24) is 4.98 Å². The first-order valence-electron chi connectivity index (χ1n) is 5.09. The van der Waals surface area contributed by atoms with Gasteiger partial charge in [-0.15, -0.1) is 0 Å². The Morgan fingerprint density at radius 1 is 1.26 bits per heavy atom. The first-order chi connectivity index (χ1) is 8.97. The van der Waals surface area contributed by atoms with Gasteiger partial charge in [0.15, 0.2) is 11.6 Å². The van der Waals surface area contributed by atoms with Crippen molar-refractivity contribution in [3.8, 4) is 0 Å². The van der Waals surface area contributed by atoms with E-state index >= 15 is 0 Å². The van der Waals surface area contributed by atoms with Crippen molar-refractivity contribution in [2.45, 2.75) is 9.79 Å². The number of nitrogens with two attached hydrogens (primary N) is 1. The molecule has 7 heteroatoms. The molecule has 0 unspecified atom stereocenters. The summed E-state index contributed by atoms with van der Waals surface area (Å²) in [6.45, 7) is 0. The summed E-state index contributed by atoms with van der Waals surface area (Å²) in [6, 6.07) is 4.53. The van der Waals surface area contributed by atoms with Gasteiger partial charge in [0.1, 0.15) is 5.82 Å². The van der Waals surface area contributed by atoms with E-state index in [9.17, 15) is 13.6 Å². The number of hydrogen-bond acceptors (Lipinski definition) is 4. The highest BCUT2D eigenvalue weighted by atomic mass is 32.2. The minimum atomic E-state index is -1.17. The predicted octanol–water partition coefficient (Wildman–Crippen LogP) is 2.79. The minimum Gasteiger partial charge on any atom is -0.478 e. The molecule has 0 radical (unpaired) electrons. The number of hydrogen-bond donors (Lipinski definition) is 2. The molecule has 0 atom stereocenters. The number of aromatic carboxylic acids is 1. The fourth-order valence-corrected chi connectivity index (χ4v) is 2.29. The number of nitrogen functional groups attached to an aromatic ring is 1. The van der Waals surface area contributed by atoms with Crippen LogP contribution in [0.25, 0.3) is 0 Å². The third kappa shape index (κ3) is 3.00. The van der Waals surface area contributed by atoms with E-state index in [1.165, 1.54) is 18.3 Å². The number of carboxylic acids is 1. The van der Waals surface area contributed by atoms with Crippen molar-refractivity contribution in [2.75, 3.05) is 5.73 Å². The van der Waals surface area contributed by atoms with Crippen molar-refractivity contribution < 1.29 is 18.7 Å². The van der Waals surface area contributed by atoms with Gasteiger partial charge in [-0.3, -0.25) is 0 Å². The van der Waals surface area contributed by atoms with Crippen molar-refractivity contribution >= 4 is 23.5 Å². The molecule has 0 aliphatic heterocycles. The van der Waals surface area contributed by atoms with Crippen LogP contribution in [0.2, 0.25) is 0 Å². The van der Waals surface area contributed by atoms with E-state index in [1.807, 2.05) is 0 Å². The molecule has 0 fully saturated rings. The molecule has 19 heavy (non-hydrogen) atoms. The molecule has 98 valence electrons. The van der Waals surface area contributed by atoms with Crippen molar-refractivity contribution in [1.29, 1.82) is 0 Å². The van der Waals surface area contributed by atoms with Crippen LogP contribution in [0.5, 0.6) is 0 Å². The lowest BCUT2D eigenvalue weighted by molar-refractivity contribution is 0.0693. The van der Waals surface area contributed by atoms with Gasteiger partial charge in [-0.2, -0.15) is 0 Å². The summed E-state index contributed by atoms with van der Waals surface area (Å²) in [6.07, 6.45) is 1.28. The SMILES string of the molecule is Nc1cc(C(=O)O)c(Sc2ccc(F)c(F)c2)cn1. The summed E-state index contributed by atoms with van der Waals surface area (Å²) in [7, 11) is 0. The van der Waals surface area contributed by atoms with Crippen molar-refractivity contribution in [2.24, 2.45) is 0 Å². The van der Waals surface area contributed by atoms with Gasteiger partial charge in [-0.05, 0) is 24.3 Å². The summed E-state index contributed by atoms with van der Waals surface area (Å²) in [4.78, 5) is 15.5. The second-order valence-electron chi connectivity index (χ2n) is 3.59. The van der Waals surface area contributed by atoms with Crippen LogP contribution in [0.15, 0.2) is 40.3 Å². The molecule has 1 heterocycles. The molecule has 0 aliphatic rings. The van der Waals surface area contributed by atoms with Gasteiger partial charge >= 0.3 is 5.97 Å². The van der Waals surface area contributed by atoms with Gasteiger partial charge in [0, 0.05) is 16.0 Å². The minimum absolute atomic E-state index is 0.0396. The standard InChI is InChI=1S/C12H8F2N2O2S/c13-8-2-1-6(3-9(8)14)19-10-5-16-11(15)4-7(10)12(17)18/h1-5H,(H2,15,16)(H,17,18). The van der Waals surface area contributed by atoms with Gasteiger partial charge in [-0.1, -0.05) is 11.8 Å². The summed E-state index contributed by atoms with van der Waals surface area (Å²) in [5.74, 6) is -3.05. The Morgan fingerprint density at radius 3 is 2.63 bits per heavy atom. The number of anilines is 1. The van der Waals surface area contributed by atoms with Crippen LogP contribution in [0.4, 0.5) is 14.6 Å². The Morgan fingerprint density at radius 2 is 2.00 bits per heavy atom. The second-order valence-corrected chi connectivity index (χ2v) is 4.70. The molecule has 2 rings (SSSR count). The van der Waals surface area contributed by atoms with Crippen LogP contribution in [-0.2, 0) is 0 Å². The molecule has 2 aromatic rings. The van der Waals surface area contributed by atoms with Crippen molar-refractivity contribution in [3.63, 3.8) is 0 Å². The average Bonchev–Trinajstić information content (AvgIpc) is 2.36. The third-order valence-electron chi connectivity index (χ3n) is 2.24. The van der Waals surface area contributed by atoms with E-state index in [1.54, 1.807) is 0 Å². The summed E-state index contributed by atoms with van der Waals surface area (Å²) in [5, 5.41) is 9.04. The van der Waals surface area contributed by atoms with Gasteiger partial charge in [0.25, 0.3) is 0 Å². The van der Waals surface area contributed by atoms with Crippen LogP contribution < -0.4 is 5.73 Å². The largest absolute Gasteiger partial charge is 0.478 e. The lowest BCUT2D eigenvalue weighted by Gasteiger charge is -2.06. The third-order valence-corrected chi connectivity index (χ3v) is 3.27. The highest BCUT2D eigenvalue weighted by Crippen LogP contribution is 2.31. The normalized spacial score (nSPS) is 10.4. The van der Waals surface area contributed by atoms with E-state index in [2.05, 4.69) is 4.98 Å². The monoisotopic (exact) mass is 282 g/mol. The fourth-order valence-electron chi connectivity index (χ4n) is 1.37. The van der Waals surface area contributed by atoms with Crippen LogP contribution in [0.3, 0.4) is 0 Å². The molecule has 1 aromatic heterocycles. The summed E-state index contributed by atoms with van der Waals surface area (Å²) in [5.41, 5.74) is 5.37. The molecule has 4 nitrogen and oxygen atoms in total. The van der Waals surface area contributed by atoms with Crippen LogP contribution in [-0.4, -0.2) is 16.1 Å². The molecular weight excluding hydrogens is 274 g/mol. The van der Waals surface area contributed by atoms with E-state index < -0.39 is 17.6 Å². The van der Waals surface area contributed by atoms with Gasteiger partial charge in [0.2, 0.25) is 0 Å². The Balaban J connectivity index is 2.37. The second kappa shape index (κ2) is 5.23. The molecule has 0 saturated carbocycles. The predicted molar refractivity (Wildman–Crippen MR) is 66.1 cm³/mol. The Bertz CT molecular complexity index is 650. The zero-order valence-electron chi connectivity index (χ0n) is 9.43. The number of halogens is 2. The maximum absolute atomic E-state index is 13.1. The van der Waals surface area contributed by atoms with E-state index in [4.69, 9.17) is 10.8 Å². The zero-order chi connectivity index (χ0) is 14.0. The zero-order valence-corrected chi connectivity index (χ0v) is 10.2. The first kappa shape index (κ1) is 13.3. The number of carbonyl (C=O) groups is 1. The Hall–Kier alpha value is -2.15.